The van der Waals surface area contributed by atoms with Crippen molar-refractivity contribution in [3.63, 3.8) is 0 Å². The Morgan fingerprint density at radius 2 is 2.29 bits per heavy atom. The number of nitrogens with one attached hydrogen (secondary N) is 2. The van der Waals surface area contributed by atoms with Crippen LogP contribution in [0.25, 0.3) is 0 Å². The molecule has 1 unspecified atom stereocenters. The van der Waals surface area contributed by atoms with Crippen LogP contribution < -0.4 is 15.4 Å². The summed E-state index contributed by atoms with van der Waals surface area (Å²) in [6, 6.07) is 3.00. The van der Waals surface area contributed by atoms with E-state index in [1.54, 1.807) is 25.4 Å². The smallest absolute Gasteiger partial charge is 0.243 e. The van der Waals surface area contributed by atoms with Crippen molar-refractivity contribution < 1.29 is 14.3 Å². The lowest BCUT2D eigenvalue weighted by Gasteiger charge is -2.22. The fraction of sp³-hybridized carbons (Fsp3) is 0.364. The average molecular weight is 235 g/mol. The van der Waals surface area contributed by atoms with Gasteiger partial charge in [0.2, 0.25) is 11.8 Å². The second kappa shape index (κ2) is 4.82. The van der Waals surface area contributed by atoms with Crippen LogP contribution in [0.5, 0.6) is 5.75 Å². The molecule has 1 aromatic rings. The number of aromatic nitrogens is 1. The third-order valence-electron chi connectivity index (χ3n) is 2.52. The van der Waals surface area contributed by atoms with E-state index in [2.05, 4.69) is 15.6 Å². The molecule has 90 valence electrons. The average Bonchev–Trinajstić information content (AvgIpc) is 2.35. The molecule has 0 radical (unpaired) electrons. The quantitative estimate of drug-likeness (QED) is 0.722. The first kappa shape index (κ1) is 11.4. The standard InChI is InChI=1S/C11H13N3O3/c1-17-8-3-2-7(12-5-8)4-9-11(16)13-6-10(15)14-9/h2-3,5,9H,4,6H2,1H3,(H,13,16)(H,14,15). The van der Waals surface area contributed by atoms with Crippen LogP contribution in [0.3, 0.4) is 0 Å². The van der Waals surface area contributed by atoms with Crippen molar-refractivity contribution in [2.45, 2.75) is 12.5 Å². The van der Waals surface area contributed by atoms with Gasteiger partial charge in [0, 0.05) is 12.1 Å². The van der Waals surface area contributed by atoms with Crippen LogP contribution in [-0.4, -0.2) is 36.5 Å². The van der Waals surface area contributed by atoms with Gasteiger partial charge in [0.25, 0.3) is 0 Å². The van der Waals surface area contributed by atoms with Gasteiger partial charge in [-0.3, -0.25) is 14.6 Å². The van der Waals surface area contributed by atoms with Crippen LogP contribution in [0, 0.1) is 0 Å². The summed E-state index contributed by atoms with van der Waals surface area (Å²) in [7, 11) is 1.56. The van der Waals surface area contributed by atoms with Crippen molar-refractivity contribution in [2.75, 3.05) is 13.7 Å². The number of nitrogens with zero attached hydrogens (tertiary/aromatic N) is 1. The first-order chi connectivity index (χ1) is 8.19. The summed E-state index contributed by atoms with van der Waals surface area (Å²) in [5.41, 5.74) is 0.730. The predicted octanol–water partition coefficient (Wildman–Crippen LogP) is -0.753. The van der Waals surface area contributed by atoms with Gasteiger partial charge in [-0.15, -0.1) is 0 Å². The fourth-order valence-electron chi connectivity index (χ4n) is 1.61. The number of amides is 2. The number of carbonyl (C=O) groups excluding carboxylic acids is 2. The van der Waals surface area contributed by atoms with E-state index in [9.17, 15) is 9.59 Å². The molecule has 1 aromatic heterocycles. The van der Waals surface area contributed by atoms with E-state index in [1.165, 1.54) is 0 Å². The highest BCUT2D eigenvalue weighted by Gasteiger charge is 2.26. The molecule has 0 aliphatic carbocycles. The van der Waals surface area contributed by atoms with Crippen LogP contribution in [0.1, 0.15) is 5.69 Å². The zero-order valence-corrected chi connectivity index (χ0v) is 9.40. The molecule has 6 heteroatoms. The van der Waals surface area contributed by atoms with E-state index < -0.39 is 6.04 Å². The molecule has 6 nitrogen and oxygen atoms in total. The van der Waals surface area contributed by atoms with Crippen molar-refractivity contribution >= 4 is 11.8 Å². The topological polar surface area (TPSA) is 80.3 Å². The van der Waals surface area contributed by atoms with E-state index >= 15 is 0 Å². The van der Waals surface area contributed by atoms with Gasteiger partial charge in [0.05, 0.1) is 19.9 Å². The molecule has 17 heavy (non-hydrogen) atoms. The van der Waals surface area contributed by atoms with Crippen LogP contribution in [-0.2, 0) is 16.0 Å². The first-order valence-corrected chi connectivity index (χ1v) is 5.25. The molecule has 1 atom stereocenters. The van der Waals surface area contributed by atoms with Crippen molar-refractivity contribution in [1.29, 1.82) is 0 Å². The minimum Gasteiger partial charge on any atom is -0.495 e. The summed E-state index contributed by atoms with van der Waals surface area (Å²) >= 11 is 0. The van der Waals surface area contributed by atoms with Gasteiger partial charge >= 0.3 is 0 Å². The SMILES string of the molecule is COc1ccc(CC2NC(=O)CNC2=O)nc1. The molecule has 2 rings (SSSR count). The third-order valence-corrected chi connectivity index (χ3v) is 2.52. The Bertz CT molecular complexity index is 430. The lowest BCUT2D eigenvalue weighted by Crippen LogP contribution is -2.56. The molecular weight excluding hydrogens is 222 g/mol. The van der Waals surface area contributed by atoms with Crippen LogP contribution in [0.4, 0.5) is 0 Å². The van der Waals surface area contributed by atoms with Crippen LogP contribution in [0.15, 0.2) is 18.3 Å². The number of carbonyl (C=O) groups is 2. The molecule has 1 aliphatic rings. The molecule has 0 saturated carbocycles. The summed E-state index contributed by atoms with van der Waals surface area (Å²) in [4.78, 5) is 26.8. The highest BCUT2D eigenvalue weighted by atomic mass is 16.5. The Morgan fingerprint density at radius 3 is 2.94 bits per heavy atom. The molecule has 2 heterocycles. The number of hydrogen-bond donors (Lipinski definition) is 2. The van der Waals surface area contributed by atoms with Crippen LogP contribution in [0.2, 0.25) is 0 Å². The maximum Gasteiger partial charge on any atom is 0.243 e. The summed E-state index contributed by atoms with van der Waals surface area (Å²) in [5, 5.41) is 5.14. The summed E-state index contributed by atoms with van der Waals surface area (Å²) < 4.78 is 4.99. The first-order valence-electron chi connectivity index (χ1n) is 5.25. The van der Waals surface area contributed by atoms with Crippen molar-refractivity contribution in [1.82, 2.24) is 15.6 Å². The van der Waals surface area contributed by atoms with Gasteiger partial charge in [-0.05, 0) is 12.1 Å². The maximum atomic E-state index is 11.5. The van der Waals surface area contributed by atoms with Crippen molar-refractivity contribution in [2.24, 2.45) is 0 Å². The zero-order valence-electron chi connectivity index (χ0n) is 9.40. The predicted molar refractivity (Wildman–Crippen MR) is 59.4 cm³/mol. The second-order valence-electron chi connectivity index (χ2n) is 3.73. The normalized spacial score (nSPS) is 19.5. The molecular formula is C11H13N3O3. The van der Waals surface area contributed by atoms with E-state index in [0.717, 1.165) is 5.69 Å². The minimum atomic E-state index is -0.544. The summed E-state index contributed by atoms with van der Waals surface area (Å²) in [6.07, 6.45) is 1.96. The largest absolute Gasteiger partial charge is 0.495 e. The molecule has 1 fully saturated rings. The highest BCUT2D eigenvalue weighted by Crippen LogP contribution is 2.09. The Hall–Kier alpha value is -2.11. The zero-order chi connectivity index (χ0) is 12.3. The molecule has 2 amide bonds. The molecule has 1 saturated heterocycles. The minimum absolute atomic E-state index is 0.0470. The van der Waals surface area contributed by atoms with E-state index in [4.69, 9.17) is 4.74 Å². The van der Waals surface area contributed by atoms with Gasteiger partial charge in [-0.1, -0.05) is 0 Å². The van der Waals surface area contributed by atoms with Gasteiger partial charge in [-0.25, -0.2) is 0 Å². The number of pyridine rings is 1. The lowest BCUT2D eigenvalue weighted by molar-refractivity contribution is -0.133. The number of piperazine rings is 1. The molecule has 2 N–H and O–H groups in total. The molecule has 0 bridgehead atoms. The summed E-state index contributed by atoms with van der Waals surface area (Å²) in [5.74, 6) is 0.302. The Labute approximate surface area is 98.4 Å². The van der Waals surface area contributed by atoms with Crippen LogP contribution >= 0.6 is 0 Å². The Kier molecular flexibility index (Phi) is 3.22. The van der Waals surface area contributed by atoms with Gasteiger partial charge < -0.3 is 15.4 Å². The molecule has 0 aromatic carbocycles. The molecule has 0 spiro atoms. The molecule has 1 aliphatic heterocycles. The van der Waals surface area contributed by atoms with Gasteiger partial charge in [0.1, 0.15) is 11.8 Å². The Balaban J connectivity index is 2.03. The maximum absolute atomic E-state index is 11.5. The van der Waals surface area contributed by atoms with Crippen molar-refractivity contribution in [3.05, 3.63) is 24.0 Å². The Morgan fingerprint density at radius 1 is 1.47 bits per heavy atom. The number of ether oxygens (including phenoxy) is 1. The number of rotatable bonds is 3. The monoisotopic (exact) mass is 235 g/mol. The van der Waals surface area contributed by atoms with Crippen molar-refractivity contribution in [3.8, 4) is 5.75 Å². The summed E-state index contributed by atoms with van der Waals surface area (Å²) in [6.45, 7) is 0.0470. The van der Waals surface area contributed by atoms with E-state index in [0.29, 0.717) is 12.2 Å². The highest BCUT2D eigenvalue weighted by molar-refractivity contribution is 5.94. The van der Waals surface area contributed by atoms with E-state index in [1.807, 2.05) is 0 Å². The third kappa shape index (κ3) is 2.72. The van der Waals surface area contributed by atoms with E-state index in [-0.39, 0.29) is 18.4 Å². The lowest BCUT2D eigenvalue weighted by atomic mass is 10.1. The fourth-order valence-corrected chi connectivity index (χ4v) is 1.61. The van der Waals surface area contributed by atoms with Gasteiger partial charge in [-0.2, -0.15) is 0 Å². The number of methoxy groups -OCH3 is 1. The second-order valence-corrected chi connectivity index (χ2v) is 3.73. The number of hydrogen-bond acceptors (Lipinski definition) is 4. The van der Waals surface area contributed by atoms with Gasteiger partial charge in [0.15, 0.2) is 0 Å².